The van der Waals surface area contributed by atoms with E-state index in [1.54, 1.807) is 25.6 Å². The Morgan fingerprint density at radius 1 is 1.24 bits per heavy atom. The van der Waals surface area contributed by atoms with Gasteiger partial charge in [0.15, 0.2) is 0 Å². The molecule has 1 aromatic carbocycles. The second-order valence-corrected chi connectivity index (χ2v) is 4.58. The quantitative estimate of drug-likeness (QED) is 0.723. The third-order valence-electron chi connectivity index (χ3n) is 2.92. The van der Waals surface area contributed by atoms with E-state index in [0.29, 0.717) is 11.6 Å². The molecule has 0 bridgehead atoms. The summed E-state index contributed by atoms with van der Waals surface area (Å²) in [6.07, 6.45) is 5.17. The molecule has 0 unspecified atom stereocenters. The fraction of sp³-hybridized carbons (Fsp3) is 0.0714. The molecule has 0 aliphatic carbocycles. The number of halogens is 1. The van der Waals surface area contributed by atoms with Gasteiger partial charge in [0, 0.05) is 18.0 Å². The Hall–Kier alpha value is -2.60. The van der Waals surface area contributed by atoms with Gasteiger partial charge in [-0.3, -0.25) is 5.10 Å². The van der Waals surface area contributed by atoms with E-state index < -0.39 is 0 Å². The van der Waals surface area contributed by atoms with Crippen LogP contribution in [0.4, 0.5) is 11.5 Å². The van der Waals surface area contributed by atoms with Crippen LogP contribution >= 0.6 is 11.6 Å². The van der Waals surface area contributed by atoms with Gasteiger partial charge < -0.3 is 10.1 Å². The number of H-pyrrole nitrogens is 1. The smallest absolute Gasteiger partial charge is 0.224 e. The predicted octanol–water partition coefficient (Wildman–Crippen LogP) is 3.27. The molecule has 0 amide bonds. The van der Waals surface area contributed by atoms with E-state index in [9.17, 15) is 0 Å². The fourth-order valence-corrected chi connectivity index (χ4v) is 2.07. The van der Waals surface area contributed by atoms with Crippen LogP contribution in [-0.2, 0) is 0 Å². The van der Waals surface area contributed by atoms with Crippen molar-refractivity contribution in [3.63, 3.8) is 0 Å². The summed E-state index contributed by atoms with van der Waals surface area (Å²) in [5.41, 5.74) is 2.79. The third kappa shape index (κ3) is 2.95. The summed E-state index contributed by atoms with van der Waals surface area (Å²) in [5, 5.41) is 10.1. The highest BCUT2D eigenvalue weighted by Crippen LogP contribution is 2.32. The number of methoxy groups -OCH3 is 1. The zero-order valence-corrected chi connectivity index (χ0v) is 11.9. The molecule has 2 heterocycles. The van der Waals surface area contributed by atoms with Crippen molar-refractivity contribution in [3.8, 4) is 16.9 Å². The molecule has 0 aliphatic heterocycles. The second-order valence-electron chi connectivity index (χ2n) is 4.24. The molecule has 0 saturated carbocycles. The number of benzene rings is 1. The molecule has 0 spiro atoms. The first-order chi connectivity index (χ1) is 10.3. The summed E-state index contributed by atoms with van der Waals surface area (Å²) in [6.45, 7) is 0. The molecular weight excluding hydrogens is 290 g/mol. The molecule has 0 aliphatic rings. The molecule has 3 rings (SSSR count). The van der Waals surface area contributed by atoms with Gasteiger partial charge in [0.1, 0.15) is 11.6 Å². The molecule has 7 heteroatoms. The highest BCUT2D eigenvalue weighted by atomic mass is 35.5. The van der Waals surface area contributed by atoms with Gasteiger partial charge in [-0.15, -0.1) is 0 Å². The van der Waals surface area contributed by atoms with Crippen molar-refractivity contribution in [1.29, 1.82) is 0 Å². The van der Waals surface area contributed by atoms with Crippen molar-refractivity contribution in [1.82, 2.24) is 20.2 Å². The summed E-state index contributed by atoms with van der Waals surface area (Å²) >= 11 is 5.77. The van der Waals surface area contributed by atoms with Crippen LogP contribution in [0.2, 0.25) is 5.28 Å². The molecule has 2 aromatic heterocycles. The lowest BCUT2D eigenvalue weighted by atomic mass is 10.1. The zero-order valence-electron chi connectivity index (χ0n) is 11.2. The number of nitrogens with one attached hydrogen (secondary N) is 2. The maximum Gasteiger partial charge on any atom is 0.224 e. The minimum absolute atomic E-state index is 0.189. The van der Waals surface area contributed by atoms with Gasteiger partial charge in [-0.05, 0) is 35.4 Å². The van der Waals surface area contributed by atoms with Crippen LogP contribution in [0.1, 0.15) is 0 Å². The molecule has 0 radical (unpaired) electrons. The van der Waals surface area contributed by atoms with E-state index in [2.05, 4.69) is 25.5 Å². The van der Waals surface area contributed by atoms with Crippen molar-refractivity contribution in [2.45, 2.75) is 0 Å². The minimum Gasteiger partial charge on any atom is -0.495 e. The van der Waals surface area contributed by atoms with E-state index >= 15 is 0 Å². The SMILES string of the molecule is COc1cc(-c2cn[nH]c2)ccc1Nc1ccnc(Cl)n1. The molecule has 3 aromatic rings. The molecular formula is C14H12ClN5O. The maximum atomic E-state index is 5.77. The van der Waals surface area contributed by atoms with E-state index in [1.807, 2.05) is 24.4 Å². The molecule has 0 saturated heterocycles. The van der Waals surface area contributed by atoms with Crippen molar-refractivity contribution in [2.24, 2.45) is 0 Å². The van der Waals surface area contributed by atoms with Gasteiger partial charge in [0.05, 0.1) is 19.0 Å². The average molecular weight is 302 g/mol. The Kier molecular flexibility index (Phi) is 3.70. The number of hydrogen-bond donors (Lipinski definition) is 2. The molecule has 0 atom stereocenters. The largest absolute Gasteiger partial charge is 0.495 e. The van der Waals surface area contributed by atoms with E-state index in [1.165, 1.54) is 0 Å². The number of ether oxygens (including phenoxy) is 1. The summed E-state index contributed by atoms with van der Waals surface area (Å²) in [4.78, 5) is 7.93. The zero-order chi connectivity index (χ0) is 14.7. The van der Waals surface area contributed by atoms with Gasteiger partial charge in [-0.25, -0.2) is 9.97 Å². The minimum atomic E-state index is 0.189. The lowest BCUT2D eigenvalue weighted by Crippen LogP contribution is -1.97. The normalized spacial score (nSPS) is 10.4. The van der Waals surface area contributed by atoms with E-state index in [0.717, 1.165) is 16.8 Å². The van der Waals surface area contributed by atoms with E-state index in [4.69, 9.17) is 16.3 Å². The van der Waals surface area contributed by atoms with Crippen molar-refractivity contribution in [3.05, 3.63) is 48.1 Å². The number of aromatic amines is 1. The molecule has 21 heavy (non-hydrogen) atoms. The molecule has 0 fully saturated rings. The Morgan fingerprint density at radius 2 is 2.14 bits per heavy atom. The van der Waals surface area contributed by atoms with Crippen LogP contribution < -0.4 is 10.1 Å². The first-order valence-electron chi connectivity index (χ1n) is 6.19. The van der Waals surface area contributed by atoms with Gasteiger partial charge in [0.2, 0.25) is 5.28 Å². The number of rotatable bonds is 4. The fourth-order valence-electron chi connectivity index (χ4n) is 1.93. The van der Waals surface area contributed by atoms with Crippen LogP contribution in [0.25, 0.3) is 11.1 Å². The van der Waals surface area contributed by atoms with Crippen molar-refractivity contribution in [2.75, 3.05) is 12.4 Å². The summed E-state index contributed by atoms with van der Waals surface area (Å²) in [7, 11) is 1.62. The highest BCUT2D eigenvalue weighted by molar-refractivity contribution is 6.28. The molecule has 106 valence electrons. The predicted molar refractivity (Wildman–Crippen MR) is 80.9 cm³/mol. The lowest BCUT2D eigenvalue weighted by molar-refractivity contribution is 0.417. The van der Waals surface area contributed by atoms with Crippen LogP contribution in [0.5, 0.6) is 5.75 Å². The number of aromatic nitrogens is 4. The maximum absolute atomic E-state index is 5.77. The number of nitrogens with zero attached hydrogens (tertiary/aromatic N) is 3. The van der Waals surface area contributed by atoms with Crippen LogP contribution in [0, 0.1) is 0 Å². The molecule has 2 N–H and O–H groups in total. The van der Waals surface area contributed by atoms with Gasteiger partial charge in [-0.2, -0.15) is 5.10 Å². The van der Waals surface area contributed by atoms with Crippen LogP contribution in [0.15, 0.2) is 42.9 Å². The Balaban J connectivity index is 1.92. The third-order valence-corrected chi connectivity index (χ3v) is 3.10. The van der Waals surface area contributed by atoms with Crippen LogP contribution in [0.3, 0.4) is 0 Å². The van der Waals surface area contributed by atoms with Crippen molar-refractivity contribution >= 4 is 23.1 Å². The second kappa shape index (κ2) is 5.80. The summed E-state index contributed by atoms with van der Waals surface area (Å²) < 4.78 is 5.42. The monoisotopic (exact) mass is 301 g/mol. The number of hydrogen-bond acceptors (Lipinski definition) is 5. The standard InChI is InChI=1S/C14H12ClN5O/c1-21-12-6-9(10-7-17-18-8-10)2-3-11(12)19-13-4-5-16-14(15)20-13/h2-8H,1H3,(H,17,18)(H,16,19,20). The first kappa shape index (κ1) is 13.4. The van der Waals surface area contributed by atoms with Crippen LogP contribution in [-0.4, -0.2) is 27.3 Å². The number of anilines is 2. The Morgan fingerprint density at radius 3 is 2.86 bits per heavy atom. The summed E-state index contributed by atoms with van der Waals surface area (Å²) in [6, 6.07) is 7.54. The first-order valence-corrected chi connectivity index (χ1v) is 6.57. The van der Waals surface area contributed by atoms with E-state index in [-0.39, 0.29) is 5.28 Å². The highest BCUT2D eigenvalue weighted by Gasteiger charge is 2.08. The Labute approximate surface area is 126 Å². The van der Waals surface area contributed by atoms with Crippen molar-refractivity contribution < 1.29 is 4.74 Å². The average Bonchev–Trinajstić information content (AvgIpc) is 3.02. The van der Waals surface area contributed by atoms with Gasteiger partial charge >= 0.3 is 0 Å². The molecule has 6 nitrogen and oxygen atoms in total. The topological polar surface area (TPSA) is 75.7 Å². The lowest BCUT2D eigenvalue weighted by Gasteiger charge is -2.11. The summed E-state index contributed by atoms with van der Waals surface area (Å²) in [5.74, 6) is 1.30. The van der Waals surface area contributed by atoms with Gasteiger partial charge in [0.25, 0.3) is 0 Å². The van der Waals surface area contributed by atoms with Gasteiger partial charge in [-0.1, -0.05) is 6.07 Å². The Bertz CT molecular complexity index is 745.